The molecule has 0 saturated heterocycles. The van der Waals surface area contributed by atoms with Crippen molar-refractivity contribution in [2.75, 3.05) is 0 Å². The Hall–Kier alpha value is -3.21. The topological polar surface area (TPSA) is 70.3 Å². The summed E-state index contributed by atoms with van der Waals surface area (Å²) in [6.07, 6.45) is -5.02. The second-order valence-corrected chi connectivity index (χ2v) is 10.6. The summed E-state index contributed by atoms with van der Waals surface area (Å²) < 4.78 is 62.5. The molecule has 6 nitrogen and oxygen atoms in total. The first-order valence-electron chi connectivity index (χ1n) is 11.7. The highest BCUT2D eigenvalue weighted by Crippen LogP contribution is 2.33. The number of hydrogen-bond donors (Lipinski definition) is 0. The second kappa shape index (κ2) is 11.3. The monoisotopic (exact) mass is 598 g/mol. The molecule has 0 aliphatic carbocycles. The van der Waals surface area contributed by atoms with E-state index in [-0.39, 0.29) is 23.1 Å². The number of carbonyl (C=O) groups excluding carboxylic acids is 1. The van der Waals surface area contributed by atoms with Gasteiger partial charge in [-0.05, 0) is 61.3 Å². The highest BCUT2D eigenvalue weighted by molar-refractivity contribution is 9.10. The van der Waals surface area contributed by atoms with Gasteiger partial charge in [0.25, 0.3) is 5.56 Å². The molecule has 0 unspecified atom stereocenters. The van der Waals surface area contributed by atoms with Crippen LogP contribution in [0.15, 0.2) is 62.6 Å². The summed E-state index contributed by atoms with van der Waals surface area (Å²) in [6.45, 7) is 5.48. The molecule has 0 amide bonds. The Morgan fingerprint density at radius 1 is 1.00 bits per heavy atom. The molecule has 38 heavy (non-hydrogen) atoms. The number of halogens is 5. The molecule has 0 spiro atoms. The van der Waals surface area contributed by atoms with Gasteiger partial charge in [-0.2, -0.15) is 13.2 Å². The third-order valence-electron chi connectivity index (χ3n) is 5.86. The molecule has 204 valence electrons. The fraction of sp³-hybridized carbons (Fsp3) is 0.370. The van der Waals surface area contributed by atoms with E-state index in [4.69, 9.17) is 4.74 Å². The quantitative estimate of drug-likeness (QED) is 0.254. The first-order valence-corrected chi connectivity index (χ1v) is 12.5. The van der Waals surface area contributed by atoms with Gasteiger partial charge in [-0.3, -0.25) is 18.7 Å². The van der Waals surface area contributed by atoms with Crippen LogP contribution in [0.5, 0.6) is 0 Å². The lowest BCUT2D eigenvalue weighted by atomic mass is 9.95. The van der Waals surface area contributed by atoms with Gasteiger partial charge in [0.1, 0.15) is 15.9 Å². The highest BCUT2D eigenvalue weighted by Gasteiger charge is 2.35. The zero-order valence-corrected chi connectivity index (χ0v) is 22.8. The lowest BCUT2D eigenvalue weighted by Crippen LogP contribution is -2.43. The minimum Gasteiger partial charge on any atom is -0.460 e. The minimum absolute atomic E-state index is 0.0380. The maximum atomic E-state index is 14.6. The number of alkyl halides is 3. The van der Waals surface area contributed by atoms with Crippen molar-refractivity contribution in [3.63, 3.8) is 0 Å². The van der Waals surface area contributed by atoms with Gasteiger partial charge in [-0.15, -0.1) is 0 Å². The molecular formula is C27H27BrF4N2O4. The average molecular weight is 599 g/mol. The summed E-state index contributed by atoms with van der Waals surface area (Å²) in [5, 5.41) is 0. The normalized spacial score (nSPS) is 12.9. The van der Waals surface area contributed by atoms with Gasteiger partial charge in [0, 0.05) is 23.7 Å². The highest BCUT2D eigenvalue weighted by atomic mass is 79.9. The smallest absolute Gasteiger partial charge is 0.416 e. The molecule has 3 aromatic rings. The number of rotatable bonds is 7. The summed E-state index contributed by atoms with van der Waals surface area (Å²) in [5.41, 5.74) is -3.67. The van der Waals surface area contributed by atoms with Crippen molar-refractivity contribution in [2.45, 2.75) is 64.9 Å². The van der Waals surface area contributed by atoms with Gasteiger partial charge in [-0.1, -0.05) is 36.4 Å². The number of aromatic nitrogens is 2. The number of esters is 1. The van der Waals surface area contributed by atoms with E-state index in [2.05, 4.69) is 15.9 Å². The lowest BCUT2D eigenvalue weighted by molar-refractivity contribution is -0.155. The van der Waals surface area contributed by atoms with E-state index in [1.165, 1.54) is 6.92 Å². The number of hydrogen-bond acceptors (Lipinski definition) is 4. The number of carbonyl (C=O) groups is 1. The number of ether oxygens (including phenoxy) is 1. The van der Waals surface area contributed by atoms with Gasteiger partial charge < -0.3 is 4.74 Å². The zero-order chi connectivity index (χ0) is 28.4. The van der Waals surface area contributed by atoms with Gasteiger partial charge in [0.15, 0.2) is 0 Å². The fourth-order valence-electron chi connectivity index (χ4n) is 4.08. The molecule has 1 aromatic heterocycles. The van der Waals surface area contributed by atoms with Crippen molar-refractivity contribution in [2.24, 2.45) is 0 Å². The fourth-order valence-corrected chi connectivity index (χ4v) is 4.50. The minimum atomic E-state index is -4.85. The van der Waals surface area contributed by atoms with Gasteiger partial charge in [-0.25, -0.2) is 9.18 Å². The van der Waals surface area contributed by atoms with Crippen LogP contribution in [0.1, 0.15) is 55.5 Å². The van der Waals surface area contributed by atoms with Crippen LogP contribution in [-0.2, 0) is 28.8 Å². The summed E-state index contributed by atoms with van der Waals surface area (Å²) in [4.78, 5) is 39.3. The molecule has 0 bridgehead atoms. The molecular weight excluding hydrogens is 572 g/mol. The van der Waals surface area contributed by atoms with Gasteiger partial charge in [0.2, 0.25) is 0 Å². The maximum absolute atomic E-state index is 14.6. The Bertz CT molecular complexity index is 1440. The van der Waals surface area contributed by atoms with Crippen LogP contribution >= 0.6 is 15.9 Å². The first-order chi connectivity index (χ1) is 17.6. The Morgan fingerprint density at radius 3 is 2.21 bits per heavy atom. The Kier molecular flexibility index (Phi) is 8.70. The summed E-state index contributed by atoms with van der Waals surface area (Å²) in [5.74, 6) is -2.35. The number of nitrogens with zero attached hydrogens (tertiary/aromatic N) is 2. The molecule has 0 radical (unpaired) electrons. The van der Waals surface area contributed by atoms with Crippen molar-refractivity contribution in [3.05, 3.63) is 102 Å². The molecule has 3 rings (SSSR count). The SMILES string of the molecule is Cc1c(Br)c(=O)n(C[C@H](CC(=O)OC(C)(C)C)c2ccccc2)c(=O)n1Cc1c(F)cccc1C(F)(F)F. The van der Waals surface area contributed by atoms with Crippen molar-refractivity contribution >= 4 is 21.9 Å². The summed E-state index contributed by atoms with van der Waals surface area (Å²) >= 11 is 3.14. The van der Waals surface area contributed by atoms with Gasteiger partial charge in [0.05, 0.1) is 18.5 Å². The number of benzene rings is 2. The van der Waals surface area contributed by atoms with Crippen LogP contribution in [0, 0.1) is 12.7 Å². The molecule has 2 aromatic carbocycles. The van der Waals surface area contributed by atoms with E-state index >= 15 is 0 Å². The van der Waals surface area contributed by atoms with Crippen molar-refractivity contribution < 1.29 is 27.1 Å². The standard InChI is InChI=1S/C27H27BrF4N2O4/c1-16-23(28)24(36)34(14-18(17-9-6-5-7-10-17)13-22(35)38-26(2,3)4)25(37)33(16)15-19-20(27(30,31)32)11-8-12-21(19)29/h5-12,18H,13-15H2,1-4H3/t18-/m0/s1. The van der Waals surface area contributed by atoms with Crippen LogP contribution in [0.3, 0.4) is 0 Å². The van der Waals surface area contributed by atoms with E-state index in [0.717, 1.165) is 27.3 Å². The predicted octanol–water partition coefficient (Wildman–Crippen LogP) is 5.80. The lowest BCUT2D eigenvalue weighted by Gasteiger charge is -2.24. The first kappa shape index (κ1) is 29.3. The maximum Gasteiger partial charge on any atom is 0.416 e. The zero-order valence-electron chi connectivity index (χ0n) is 21.2. The molecule has 0 N–H and O–H groups in total. The van der Waals surface area contributed by atoms with E-state index in [1.54, 1.807) is 51.1 Å². The molecule has 11 heteroatoms. The van der Waals surface area contributed by atoms with Crippen molar-refractivity contribution in [1.82, 2.24) is 9.13 Å². The third kappa shape index (κ3) is 6.80. The van der Waals surface area contributed by atoms with E-state index in [9.17, 15) is 31.9 Å². The largest absolute Gasteiger partial charge is 0.460 e. The molecule has 0 fully saturated rings. The molecule has 0 saturated carbocycles. The predicted molar refractivity (Wildman–Crippen MR) is 138 cm³/mol. The summed E-state index contributed by atoms with van der Waals surface area (Å²) in [6, 6.07) is 11.3. The van der Waals surface area contributed by atoms with E-state index in [0.29, 0.717) is 5.56 Å². The van der Waals surface area contributed by atoms with Gasteiger partial charge >= 0.3 is 17.8 Å². The van der Waals surface area contributed by atoms with E-state index in [1.807, 2.05) is 0 Å². The van der Waals surface area contributed by atoms with Crippen LogP contribution in [0.4, 0.5) is 17.6 Å². The Labute approximate surface area is 225 Å². The van der Waals surface area contributed by atoms with E-state index < -0.39 is 58.4 Å². The molecule has 1 heterocycles. The molecule has 0 aliphatic heterocycles. The summed E-state index contributed by atoms with van der Waals surface area (Å²) in [7, 11) is 0. The Balaban J connectivity index is 2.11. The molecule has 0 aliphatic rings. The second-order valence-electron chi connectivity index (χ2n) is 9.85. The van der Waals surface area contributed by atoms with Crippen LogP contribution in [0.2, 0.25) is 0 Å². The average Bonchev–Trinajstić information content (AvgIpc) is 2.82. The van der Waals surface area contributed by atoms with Crippen molar-refractivity contribution in [1.29, 1.82) is 0 Å². The molecule has 1 atom stereocenters. The van der Waals surface area contributed by atoms with Crippen LogP contribution in [-0.4, -0.2) is 20.7 Å². The Morgan fingerprint density at radius 2 is 1.63 bits per heavy atom. The van der Waals surface area contributed by atoms with Crippen LogP contribution in [0.25, 0.3) is 0 Å². The third-order valence-corrected chi connectivity index (χ3v) is 6.78. The van der Waals surface area contributed by atoms with Crippen molar-refractivity contribution in [3.8, 4) is 0 Å². The van der Waals surface area contributed by atoms with Crippen LogP contribution < -0.4 is 11.2 Å².